The molecule has 1 unspecified atom stereocenters. The Balaban J connectivity index is 1.69. The lowest BCUT2D eigenvalue weighted by atomic mass is 9.89. The highest BCUT2D eigenvalue weighted by Crippen LogP contribution is 2.37. The number of nitro groups is 1. The number of hydrogen-bond donors (Lipinski definition) is 1. The summed E-state index contributed by atoms with van der Waals surface area (Å²) in [6, 6.07) is 15.3. The van der Waals surface area contributed by atoms with Gasteiger partial charge in [0, 0.05) is 25.7 Å². The molecule has 168 valence electrons. The number of hydrogen-bond acceptors (Lipinski definition) is 6. The van der Waals surface area contributed by atoms with Crippen molar-refractivity contribution in [2.24, 2.45) is 0 Å². The predicted molar refractivity (Wildman–Crippen MR) is 123 cm³/mol. The molecule has 1 atom stereocenters. The fourth-order valence-electron chi connectivity index (χ4n) is 4.19. The average molecular weight is 428 g/mol. The summed E-state index contributed by atoms with van der Waals surface area (Å²) >= 11 is 0. The van der Waals surface area contributed by atoms with E-state index in [1.165, 1.54) is 17.7 Å². The van der Waals surface area contributed by atoms with Gasteiger partial charge in [0.15, 0.2) is 0 Å². The van der Waals surface area contributed by atoms with E-state index in [9.17, 15) is 15.2 Å². The zero-order valence-electron chi connectivity index (χ0n) is 18.4. The van der Waals surface area contributed by atoms with Gasteiger partial charge in [-0.3, -0.25) is 10.1 Å². The average Bonchev–Trinajstić information content (AvgIpc) is 2.81. The van der Waals surface area contributed by atoms with Crippen LogP contribution >= 0.6 is 0 Å². The van der Waals surface area contributed by atoms with Crippen molar-refractivity contribution < 1.29 is 14.8 Å². The minimum Gasteiger partial charge on any atom is -0.488 e. The van der Waals surface area contributed by atoms with E-state index >= 15 is 0 Å². The molecule has 1 fully saturated rings. The molecule has 2 aromatic rings. The summed E-state index contributed by atoms with van der Waals surface area (Å²) in [5, 5.41) is 21.7. The van der Waals surface area contributed by atoms with Crippen LogP contribution in [0, 0.1) is 10.1 Å². The normalized spacial score (nSPS) is 15.8. The lowest BCUT2D eigenvalue weighted by molar-refractivity contribution is -0.384. The third kappa shape index (κ3) is 6.18. The van der Waals surface area contributed by atoms with Gasteiger partial charge in [-0.25, -0.2) is 0 Å². The molecule has 7 heteroatoms. The van der Waals surface area contributed by atoms with E-state index in [0.717, 1.165) is 44.7 Å². The van der Waals surface area contributed by atoms with Crippen molar-refractivity contribution >= 4 is 11.4 Å². The molecule has 3 rings (SSSR count). The van der Waals surface area contributed by atoms with Gasteiger partial charge in [0.25, 0.3) is 5.69 Å². The van der Waals surface area contributed by atoms with Crippen LogP contribution in [-0.4, -0.2) is 60.4 Å². The number of benzene rings is 2. The second-order valence-corrected chi connectivity index (χ2v) is 8.03. The topological polar surface area (TPSA) is 79.1 Å². The molecule has 1 saturated heterocycles. The first-order chi connectivity index (χ1) is 15.0. The maximum Gasteiger partial charge on any atom is 0.273 e. The molecule has 0 saturated carbocycles. The number of piperidine rings is 1. The second-order valence-electron chi connectivity index (χ2n) is 8.03. The van der Waals surface area contributed by atoms with Gasteiger partial charge < -0.3 is 19.6 Å². The molecule has 31 heavy (non-hydrogen) atoms. The number of likely N-dealkylation sites (N-methyl/N-ethyl adjacent to an activating group) is 1. The van der Waals surface area contributed by atoms with Gasteiger partial charge in [-0.2, -0.15) is 0 Å². The highest BCUT2D eigenvalue weighted by Gasteiger charge is 2.24. The highest BCUT2D eigenvalue weighted by molar-refractivity contribution is 5.62. The van der Waals surface area contributed by atoms with E-state index < -0.39 is 11.0 Å². The minimum absolute atomic E-state index is 0.00356. The lowest BCUT2D eigenvalue weighted by Gasteiger charge is -2.34. The fraction of sp³-hybridized carbons (Fsp3) is 0.500. The summed E-state index contributed by atoms with van der Waals surface area (Å²) in [6.07, 6.45) is 1.38. The maximum atomic E-state index is 11.3. The van der Waals surface area contributed by atoms with Crippen LogP contribution in [0.5, 0.6) is 5.75 Å². The number of ether oxygens (including phenoxy) is 1. The Hall–Kier alpha value is -2.64. The predicted octanol–water partition coefficient (Wildman–Crippen LogP) is 4.06. The Labute approximate surface area is 184 Å². The molecule has 7 nitrogen and oxygen atoms in total. The number of aliphatic hydroxyl groups is 1. The van der Waals surface area contributed by atoms with Gasteiger partial charge in [-0.15, -0.1) is 0 Å². The van der Waals surface area contributed by atoms with Crippen molar-refractivity contribution in [3.05, 3.63) is 64.2 Å². The molecular formula is C24H33N3O4. The standard InChI is InChI=1S/C24H33N3O4/c1-3-25(4-2)17-22(28)18-31-24-16-21(27(29)30)10-11-23(24)26-14-12-20(13-15-26)19-8-6-5-7-9-19/h5-11,16,20,22,28H,3-4,12-15,17-18H2,1-2H3. The minimum atomic E-state index is -0.657. The SMILES string of the molecule is CCN(CC)CC(O)COc1cc([N+](=O)[O-])ccc1N1CCC(c2ccccc2)CC1. The summed E-state index contributed by atoms with van der Waals surface area (Å²) < 4.78 is 5.92. The van der Waals surface area contributed by atoms with Gasteiger partial charge in [0.1, 0.15) is 18.5 Å². The quantitative estimate of drug-likeness (QED) is 0.455. The van der Waals surface area contributed by atoms with Crippen LogP contribution in [0.4, 0.5) is 11.4 Å². The number of aliphatic hydroxyl groups excluding tert-OH is 1. The Morgan fingerprint density at radius 1 is 1.16 bits per heavy atom. The molecule has 0 spiro atoms. The Morgan fingerprint density at radius 2 is 1.84 bits per heavy atom. The van der Waals surface area contributed by atoms with Crippen LogP contribution in [0.15, 0.2) is 48.5 Å². The smallest absolute Gasteiger partial charge is 0.273 e. The van der Waals surface area contributed by atoms with Crippen LogP contribution in [-0.2, 0) is 0 Å². The van der Waals surface area contributed by atoms with Crippen LogP contribution in [0.2, 0.25) is 0 Å². The van der Waals surface area contributed by atoms with Crippen molar-refractivity contribution in [3.63, 3.8) is 0 Å². The van der Waals surface area contributed by atoms with Crippen LogP contribution in [0.3, 0.4) is 0 Å². The highest BCUT2D eigenvalue weighted by atomic mass is 16.6. The molecule has 1 heterocycles. The molecular weight excluding hydrogens is 394 g/mol. The summed E-state index contributed by atoms with van der Waals surface area (Å²) in [6.45, 7) is 8.14. The zero-order valence-corrected chi connectivity index (χ0v) is 18.4. The molecule has 0 bridgehead atoms. The number of non-ortho nitro benzene ring substituents is 1. The largest absolute Gasteiger partial charge is 0.488 e. The van der Waals surface area contributed by atoms with E-state index in [2.05, 4.69) is 47.9 Å². The fourth-order valence-corrected chi connectivity index (χ4v) is 4.19. The Kier molecular flexibility index (Phi) is 8.26. The zero-order chi connectivity index (χ0) is 22.2. The van der Waals surface area contributed by atoms with Gasteiger partial charge in [-0.05, 0) is 43.5 Å². The van der Waals surface area contributed by atoms with Crippen molar-refractivity contribution in [2.45, 2.75) is 38.7 Å². The third-order valence-electron chi connectivity index (χ3n) is 6.06. The van der Waals surface area contributed by atoms with Crippen LogP contribution in [0.1, 0.15) is 38.2 Å². The first-order valence-electron chi connectivity index (χ1n) is 11.1. The molecule has 2 aromatic carbocycles. The maximum absolute atomic E-state index is 11.3. The monoisotopic (exact) mass is 427 g/mol. The lowest BCUT2D eigenvalue weighted by Crippen LogP contribution is -2.36. The molecule has 1 aliphatic heterocycles. The van der Waals surface area contributed by atoms with Crippen molar-refractivity contribution in [3.8, 4) is 5.75 Å². The Morgan fingerprint density at radius 3 is 2.45 bits per heavy atom. The van der Waals surface area contributed by atoms with E-state index in [4.69, 9.17) is 4.74 Å². The summed E-state index contributed by atoms with van der Waals surface area (Å²) in [5.41, 5.74) is 2.21. The second kappa shape index (κ2) is 11.1. The first kappa shape index (κ1) is 23.0. The summed E-state index contributed by atoms with van der Waals surface area (Å²) in [7, 11) is 0. The molecule has 0 aliphatic carbocycles. The molecule has 0 amide bonds. The van der Waals surface area contributed by atoms with E-state index in [-0.39, 0.29) is 12.3 Å². The van der Waals surface area contributed by atoms with Gasteiger partial charge in [0.2, 0.25) is 0 Å². The number of nitrogens with zero attached hydrogens (tertiary/aromatic N) is 3. The Bertz CT molecular complexity index is 834. The van der Waals surface area contributed by atoms with Crippen molar-refractivity contribution in [1.29, 1.82) is 0 Å². The summed E-state index contributed by atoms with van der Waals surface area (Å²) in [4.78, 5) is 15.2. The van der Waals surface area contributed by atoms with E-state index in [1.54, 1.807) is 6.07 Å². The number of rotatable bonds is 10. The molecule has 1 aliphatic rings. The molecule has 1 N–H and O–H groups in total. The van der Waals surface area contributed by atoms with Gasteiger partial charge in [0.05, 0.1) is 16.7 Å². The van der Waals surface area contributed by atoms with E-state index in [1.807, 2.05) is 6.07 Å². The molecule has 0 aromatic heterocycles. The van der Waals surface area contributed by atoms with Gasteiger partial charge >= 0.3 is 0 Å². The van der Waals surface area contributed by atoms with Crippen LogP contribution < -0.4 is 9.64 Å². The third-order valence-corrected chi connectivity index (χ3v) is 6.06. The number of anilines is 1. The first-order valence-corrected chi connectivity index (χ1v) is 11.1. The van der Waals surface area contributed by atoms with E-state index in [0.29, 0.717) is 18.2 Å². The molecule has 0 radical (unpaired) electrons. The van der Waals surface area contributed by atoms with Crippen molar-refractivity contribution in [1.82, 2.24) is 4.90 Å². The summed E-state index contributed by atoms with van der Waals surface area (Å²) in [5.74, 6) is 0.988. The van der Waals surface area contributed by atoms with Gasteiger partial charge in [-0.1, -0.05) is 44.2 Å². The van der Waals surface area contributed by atoms with Crippen LogP contribution in [0.25, 0.3) is 0 Å². The number of nitro benzene ring substituents is 1. The van der Waals surface area contributed by atoms with Crippen molar-refractivity contribution in [2.75, 3.05) is 44.2 Å².